The number of carbonyl (C=O) groups is 1. The Hall–Kier alpha value is -2.28. The van der Waals surface area contributed by atoms with Gasteiger partial charge in [0.1, 0.15) is 0 Å². The number of benzene rings is 1. The van der Waals surface area contributed by atoms with Crippen LogP contribution in [0.2, 0.25) is 0 Å². The molecule has 7 heteroatoms. The van der Waals surface area contributed by atoms with Crippen LogP contribution >= 0.6 is 11.3 Å². The Morgan fingerprint density at radius 3 is 2.95 bits per heavy atom. The Bertz CT molecular complexity index is 679. The molecule has 1 fully saturated rings. The maximum Gasteiger partial charge on any atom is 0.270 e. The summed E-state index contributed by atoms with van der Waals surface area (Å²) in [6.45, 7) is 0. The number of non-ortho nitro benzene ring substituents is 1. The molecule has 0 bridgehead atoms. The Morgan fingerprint density at radius 1 is 1.45 bits per heavy atom. The van der Waals surface area contributed by atoms with Crippen molar-refractivity contribution in [2.75, 3.05) is 5.32 Å². The Balaban J connectivity index is 1.80. The van der Waals surface area contributed by atoms with Gasteiger partial charge in [-0.15, -0.1) is 11.3 Å². The SMILES string of the molecule is O=C(Nc1nc(-c2cccc([N+](=O)[O-])c2)cs1)C1CC1. The minimum absolute atomic E-state index is 0.00458. The van der Waals surface area contributed by atoms with Gasteiger partial charge in [-0.05, 0) is 12.8 Å². The fourth-order valence-corrected chi connectivity index (χ4v) is 2.52. The number of thiazole rings is 1. The first kappa shape index (κ1) is 12.7. The number of nitrogens with zero attached hydrogens (tertiary/aromatic N) is 2. The highest BCUT2D eigenvalue weighted by Crippen LogP contribution is 2.32. The van der Waals surface area contributed by atoms with Crippen molar-refractivity contribution in [3.05, 3.63) is 39.8 Å². The topological polar surface area (TPSA) is 85.1 Å². The van der Waals surface area contributed by atoms with Crippen molar-refractivity contribution in [3.63, 3.8) is 0 Å². The van der Waals surface area contributed by atoms with E-state index in [9.17, 15) is 14.9 Å². The number of carbonyl (C=O) groups excluding carboxylic acids is 1. The largest absolute Gasteiger partial charge is 0.302 e. The van der Waals surface area contributed by atoms with E-state index < -0.39 is 4.92 Å². The highest BCUT2D eigenvalue weighted by atomic mass is 32.1. The Labute approximate surface area is 118 Å². The normalized spacial score (nSPS) is 14.0. The molecule has 0 atom stereocenters. The van der Waals surface area contributed by atoms with Gasteiger partial charge in [0, 0.05) is 29.0 Å². The summed E-state index contributed by atoms with van der Waals surface area (Å²) < 4.78 is 0. The molecule has 6 nitrogen and oxygen atoms in total. The van der Waals surface area contributed by atoms with Crippen LogP contribution in [0.25, 0.3) is 11.3 Å². The molecule has 1 amide bonds. The quantitative estimate of drug-likeness (QED) is 0.692. The van der Waals surface area contributed by atoms with Gasteiger partial charge in [0.05, 0.1) is 10.6 Å². The molecule has 20 heavy (non-hydrogen) atoms. The molecule has 0 spiro atoms. The number of hydrogen-bond acceptors (Lipinski definition) is 5. The van der Waals surface area contributed by atoms with Gasteiger partial charge in [-0.25, -0.2) is 4.98 Å². The summed E-state index contributed by atoms with van der Waals surface area (Å²) in [7, 11) is 0. The zero-order valence-electron chi connectivity index (χ0n) is 10.4. The average Bonchev–Trinajstić information content (AvgIpc) is 3.20. The van der Waals surface area contributed by atoms with Crippen LogP contribution < -0.4 is 5.32 Å². The van der Waals surface area contributed by atoms with E-state index in [-0.39, 0.29) is 17.5 Å². The second-order valence-electron chi connectivity index (χ2n) is 4.61. The molecule has 0 radical (unpaired) electrons. The van der Waals surface area contributed by atoms with Crippen LogP contribution in [0, 0.1) is 16.0 Å². The molecule has 1 saturated carbocycles. The van der Waals surface area contributed by atoms with Gasteiger partial charge in [0.25, 0.3) is 5.69 Å². The predicted octanol–water partition coefficient (Wildman–Crippen LogP) is 3.07. The summed E-state index contributed by atoms with van der Waals surface area (Å²) >= 11 is 1.32. The lowest BCUT2D eigenvalue weighted by atomic mass is 10.1. The molecule has 1 aliphatic carbocycles. The molecular weight excluding hydrogens is 278 g/mol. The third-order valence-corrected chi connectivity index (χ3v) is 3.79. The standard InChI is InChI=1S/C13H11N3O3S/c17-12(8-4-5-8)15-13-14-11(7-20-13)9-2-1-3-10(6-9)16(18)19/h1-3,6-8H,4-5H2,(H,14,15,17). The summed E-state index contributed by atoms with van der Waals surface area (Å²) in [6, 6.07) is 6.29. The molecule has 1 aromatic heterocycles. The first-order valence-corrected chi connectivity index (χ1v) is 7.02. The number of hydrogen-bond donors (Lipinski definition) is 1. The van der Waals surface area contributed by atoms with Crippen LogP contribution in [0.4, 0.5) is 10.8 Å². The molecule has 3 rings (SSSR count). The number of anilines is 1. The molecule has 1 N–H and O–H groups in total. The number of amides is 1. The number of nitro benzene ring substituents is 1. The van der Waals surface area contributed by atoms with E-state index in [1.54, 1.807) is 17.5 Å². The lowest BCUT2D eigenvalue weighted by molar-refractivity contribution is -0.384. The lowest BCUT2D eigenvalue weighted by Gasteiger charge is -1.98. The number of rotatable bonds is 4. The maximum absolute atomic E-state index is 11.6. The van der Waals surface area contributed by atoms with Crippen molar-refractivity contribution in [2.24, 2.45) is 5.92 Å². The van der Waals surface area contributed by atoms with Gasteiger partial charge in [-0.2, -0.15) is 0 Å². The van der Waals surface area contributed by atoms with E-state index in [1.165, 1.54) is 23.5 Å². The third-order valence-electron chi connectivity index (χ3n) is 3.04. The van der Waals surface area contributed by atoms with Gasteiger partial charge in [0.15, 0.2) is 5.13 Å². The summed E-state index contributed by atoms with van der Waals surface area (Å²) in [5.74, 6) is 0.130. The molecular formula is C13H11N3O3S. The molecule has 2 aromatic rings. The second kappa shape index (κ2) is 5.01. The maximum atomic E-state index is 11.6. The molecule has 102 valence electrons. The number of aromatic nitrogens is 1. The first-order chi connectivity index (χ1) is 9.63. The van der Waals surface area contributed by atoms with E-state index in [0.717, 1.165) is 12.8 Å². The zero-order valence-corrected chi connectivity index (χ0v) is 11.2. The average molecular weight is 289 g/mol. The highest BCUT2D eigenvalue weighted by molar-refractivity contribution is 7.14. The van der Waals surface area contributed by atoms with Crippen molar-refractivity contribution in [2.45, 2.75) is 12.8 Å². The smallest absolute Gasteiger partial charge is 0.270 e. The Morgan fingerprint density at radius 2 is 2.25 bits per heavy atom. The van der Waals surface area contributed by atoms with Crippen LogP contribution in [-0.4, -0.2) is 15.8 Å². The summed E-state index contributed by atoms with van der Waals surface area (Å²) in [4.78, 5) is 26.2. The van der Waals surface area contributed by atoms with E-state index >= 15 is 0 Å². The molecule has 0 aliphatic heterocycles. The highest BCUT2D eigenvalue weighted by Gasteiger charge is 2.30. The van der Waals surface area contributed by atoms with Gasteiger partial charge >= 0.3 is 0 Å². The molecule has 1 aromatic carbocycles. The van der Waals surface area contributed by atoms with Crippen molar-refractivity contribution in [3.8, 4) is 11.3 Å². The van der Waals surface area contributed by atoms with Crippen LogP contribution in [0.15, 0.2) is 29.6 Å². The molecule has 1 heterocycles. The first-order valence-electron chi connectivity index (χ1n) is 6.15. The van der Waals surface area contributed by atoms with E-state index in [1.807, 2.05) is 0 Å². The number of nitro groups is 1. The van der Waals surface area contributed by atoms with Crippen molar-refractivity contribution in [1.29, 1.82) is 0 Å². The molecule has 0 unspecified atom stereocenters. The fraction of sp³-hybridized carbons (Fsp3) is 0.231. The lowest BCUT2D eigenvalue weighted by Crippen LogP contribution is -2.12. The van der Waals surface area contributed by atoms with Gasteiger partial charge < -0.3 is 5.32 Å². The fourth-order valence-electron chi connectivity index (χ4n) is 1.80. The molecule has 1 aliphatic rings. The Kier molecular flexibility index (Phi) is 3.19. The van der Waals surface area contributed by atoms with Crippen molar-refractivity contribution >= 4 is 28.1 Å². The summed E-state index contributed by atoms with van der Waals surface area (Å²) in [6.07, 6.45) is 1.88. The zero-order chi connectivity index (χ0) is 14.1. The van der Waals surface area contributed by atoms with Gasteiger partial charge in [-0.3, -0.25) is 14.9 Å². The summed E-state index contributed by atoms with van der Waals surface area (Å²) in [5.41, 5.74) is 1.33. The monoisotopic (exact) mass is 289 g/mol. The predicted molar refractivity (Wildman–Crippen MR) is 75.6 cm³/mol. The third kappa shape index (κ3) is 2.67. The van der Waals surface area contributed by atoms with E-state index in [0.29, 0.717) is 16.4 Å². The minimum Gasteiger partial charge on any atom is -0.302 e. The minimum atomic E-state index is -0.439. The molecule has 0 saturated heterocycles. The van der Waals surface area contributed by atoms with Crippen molar-refractivity contribution in [1.82, 2.24) is 4.98 Å². The van der Waals surface area contributed by atoms with Crippen molar-refractivity contribution < 1.29 is 9.72 Å². The summed E-state index contributed by atoms with van der Waals surface area (Å²) in [5, 5.41) is 15.8. The van der Waals surface area contributed by atoms with Crippen LogP contribution in [-0.2, 0) is 4.79 Å². The van der Waals surface area contributed by atoms with Crippen LogP contribution in [0.1, 0.15) is 12.8 Å². The van der Waals surface area contributed by atoms with E-state index in [4.69, 9.17) is 0 Å². The number of nitrogens with one attached hydrogen (secondary N) is 1. The van der Waals surface area contributed by atoms with E-state index in [2.05, 4.69) is 10.3 Å². The van der Waals surface area contributed by atoms with Gasteiger partial charge in [-0.1, -0.05) is 12.1 Å². The van der Waals surface area contributed by atoms with Crippen LogP contribution in [0.3, 0.4) is 0 Å². The van der Waals surface area contributed by atoms with Crippen LogP contribution in [0.5, 0.6) is 0 Å². The second-order valence-corrected chi connectivity index (χ2v) is 5.47. The van der Waals surface area contributed by atoms with Gasteiger partial charge in [0.2, 0.25) is 5.91 Å².